The van der Waals surface area contributed by atoms with E-state index < -0.39 is 29.2 Å². The third-order valence-corrected chi connectivity index (χ3v) is 2.63. The van der Waals surface area contributed by atoms with Gasteiger partial charge in [0.1, 0.15) is 5.70 Å². The van der Waals surface area contributed by atoms with Crippen LogP contribution in [0.1, 0.15) is 0 Å². The molecule has 1 aromatic carbocycles. The average molecular weight is 284 g/mol. The summed E-state index contributed by atoms with van der Waals surface area (Å²) in [4.78, 5) is 24.0. The van der Waals surface area contributed by atoms with Crippen LogP contribution in [-0.4, -0.2) is 40.1 Å². The Labute approximate surface area is 111 Å². The Kier molecular flexibility index (Phi) is 3.66. The molecule has 1 aliphatic rings. The SMILES string of the molecule is O=C1C=C(Nc2cc(F)c(O)c(F)c2)C(=O)N1CCO. The number of aliphatic hydroxyl groups is 1. The predicted molar refractivity (Wildman–Crippen MR) is 63.5 cm³/mol. The number of β-amino-alcohol motifs (C(OH)–C–C–N with tert-alkyl or cyclic N) is 1. The summed E-state index contributed by atoms with van der Waals surface area (Å²) in [6, 6.07) is 1.57. The molecule has 1 heterocycles. The standard InChI is InChI=1S/C12H10F2N2O4/c13-7-3-6(4-8(14)11(7)19)15-9-5-10(18)16(1-2-17)12(9)20/h3-5,15,17,19H,1-2H2. The average Bonchev–Trinajstić information content (AvgIpc) is 2.64. The fraction of sp³-hybridized carbons (Fsp3) is 0.167. The van der Waals surface area contributed by atoms with Gasteiger partial charge < -0.3 is 15.5 Å². The number of nitrogens with one attached hydrogen (secondary N) is 1. The Balaban J connectivity index is 2.21. The highest BCUT2D eigenvalue weighted by Crippen LogP contribution is 2.25. The number of halogens is 2. The molecule has 2 amide bonds. The van der Waals surface area contributed by atoms with Crippen LogP contribution in [0.25, 0.3) is 0 Å². The molecule has 0 saturated heterocycles. The number of anilines is 1. The Hall–Kier alpha value is -2.48. The van der Waals surface area contributed by atoms with E-state index >= 15 is 0 Å². The van der Waals surface area contributed by atoms with Gasteiger partial charge in [-0.05, 0) is 0 Å². The number of rotatable bonds is 4. The quantitative estimate of drug-likeness (QED) is 0.547. The van der Waals surface area contributed by atoms with Crippen molar-refractivity contribution in [3.63, 3.8) is 0 Å². The number of amides is 2. The van der Waals surface area contributed by atoms with Crippen LogP contribution in [0, 0.1) is 11.6 Å². The summed E-state index contributed by atoms with van der Waals surface area (Å²) in [6.07, 6.45) is 0.959. The molecule has 6 nitrogen and oxygen atoms in total. The molecule has 0 saturated carbocycles. The van der Waals surface area contributed by atoms with Gasteiger partial charge in [-0.3, -0.25) is 14.5 Å². The largest absolute Gasteiger partial charge is 0.503 e. The van der Waals surface area contributed by atoms with Crippen LogP contribution < -0.4 is 5.32 Å². The number of aromatic hydroxyl groups is 1. The topological polar surface area (TPSA) is 89.9 Å². The molecule has 0 fully saturated rings. The molecule has 0 radical (unpaired) electrons. The number of imide groups is 1. The second-order valence-electron chi connectivity index (χ2n) is 3.99. The molecule has 0 atom stereocenters. The first-order chi connectivity index (χ1) is 9.43. The summed E-state index contributed by atoms with van der Waals surface area (Å²) in [5.74, 6) is -4.86. The Bertz CT molecular complexity index is 592. The fourth-order valence-corrected chi connectivity index (χ4v) is 1.70. The van der Waals surface area contributed by atoms with E-state index in [4.69, 9.17) is 10.2 Å². The molecule has 0 aromatic heterocycles. The molecule has 0 bridgehead atoms. The highest BCUT2D eigenvalue weighted by Gasteiger charge is 2.30. The van der Waals surface area contributed by atoms with Gasteiger partial charge in [0.05, 0.1) is 13.2 Å². The Morgan fingerprint density at radius 2 is 1.80 bits per heavy atom. The van der Waals surface area contributed by atoms with Crippen molar-refractivity contribution >= 4 is 17.5 Å². The van der Waals surface area contributed by atoms with E-state index in [0.29, 0.717) is 0 Å². The molecule has 2 rings (SSSR count). The van der Waals surface area contributed by atoms with Crippen LogP contribution in [0.5, 0.6) is 5.75 Å². The lowest BCUT2D eigenvalue weighted by atomic mass is 10.2. The number of benzene rings is 1. The first-order valence-corrected chi connectivity index (χ1v) is 5.57. The Morgan fingerprint density at radius 1 is 1.20 bits per heavy atom. The van der Waals surface area contributed by atoms with Crippen molar-refractivity contribution in [3.05, 3.63) is 35.5 Å². The molecule has 106 valence electrons. The van der Waals surface area contributed by atoms with E-state index in [1.165, 1.54) is 0 Å². The molecule has 3 N–H and O–H groups in total. The lowest BCUT2D eigenvalue weighted by molar-refractivity contribution is -0.137. The van der Waals surface area contributed by atoms with Gasteiger partial charge in [0, 0.05) is 23.9 Å². The van der Waals surface area contributed by atoms with E-state index in [1.807, 2.05) is 0 Å². The second-order valence-corrected chi connectivity index (χ2v) is 3.99. The van der Waals surface area contributed by atoms with Crippen molar-refractivity contribution in [2.75, 3.05) is 18.5 Å². The highest BCUT2D eigenvalue weighted by atomic mass is 19.1. The summed E-state index contributed by atoms with van der Waals surface area (Å²) in [7, 11) is 0. The first kappa shape index (κ1) is 13.9. The van der Waals surface area contributed by atoms with Crippen LogP contribution >= 0.6 is 0 Å². The maximum absolute atomic E-state index is 13.1. The Morgan fingerprint density at radius 3 is 2.35 bits per heavy atom. The predicted octanol–water partition coefficient (Wildman–Crippen LogP) is 0.327. The zero-order valence-corrected chi connectivity index (χ0v) is 10.1. The molecule has 0 unspecified atom stereocenters. The van der Waals surface area contributed by atoms with Crippen LogP contribution in [0.2, 0.25) is 0 Å². The zero-order chi connectivity index (χ0) is 14.9. The van der Waals surface area contributed by atoms with Crippen molar-refractivity contribution in [3.8, 4) is 5.75 Å². The van der Waals surface area contributed by atoms with E-state index in [-0.39, 0.29) is 24.5 Å². The summed E-state index contributed by atoms with van der Waals surface area (Å²) in [5.41, 5.74) is -0.302. The smallest absolute Gasteiger partial charge is 0.277 e. The third kappa shape index (κ3) is 2.45. The third-order valence-electron chi connectivity index (χ3n) is 2.63. The molecular weight excluding hydrogens is 274 g/mol. The number of carbonyl (C=O) groups is 2. The van der Waals surface area contributed by atoms with Crippen molar-refractivity contribution in [2.24, 2.45) is 0 Å². The molecule has 20 heavy (non-hydrogen) atoms. The summed E-state index contributed by atoms with van der Waals surface area (Å²) in [5, 5.41) is 20.1. The lowest BCUT2D eigenvalue weighted by Crippen LogP contribution is -2.34. The zero-order valence-electron chi connectivity index (χ0n) is 10.1. The molecule has 0 spiro atoms. The van der Waals surface area contributed by atoms with Gasteiger partial charge in [0.15, 0.2) is 17.4 Å². The minimum atomic E-state index is -1.20. The number of aliphatic hydroxyl groups excluding tert-OH is 1. The minimum absolute atomic E-state index is 0.129. The van der Waals surface area contributed by atoms with E-state index in [2.05, 4.69) is 5.32 Å². The summed E-state index contributed by atoms with van der Waals surface area (Å²) >= 11 is 0. The van der Waals surface area contributed by atoms with Gasteiger partial charge in [-0.1, -0.05) is 0 Å². The van der Waals surface area contributed by atoms with E-state index in [1.54, 1.807) is 0 Å². The van der Waals surface area contributed by atoms with Crippen molar-refractivity contribution in [1.82, 2.24) is 4.90 Å². The van der Waals surface area contributed by atoms with E-state index in [0.717, 1.165) is 23.1 Å². The molecule has 1 aromatic rings. The van der Waals surface area contributed by atoms with Crippen molar-refractivity contribution < 1.29 is 28.6 Å². The highest BCUT2D eigenvalue weighted by molar-refractivity contribution is 6.17. The number of nitrogens with zero attached hydrogens (tertiary/aromatic N) is 1. The van der Waals surface area contributed by atoms with Crippen LogP contribution in [-0.2, 0) is 9.59 Å². The number of hydrogen-bond acceptors (Lipinski definition) is 5. The molecule has 0 aliphatic carbocycles. The summed E-state index contributed by atoms with van der Waals surface area (Å²) in [6.45, 7) is -0.557. The van der Waals surface area contributed by atoms with Gasteiger partial charge in [-0.15, -0.1) is 0 Å². The van der Waals surface area contributed by atoms with Crippen molar-refractivity contribution in [1.29, 1.82) is 0 Å². The maximum atomic E-state index is 13.1. The second kappa shape index (κ2) is 5.25. The van der Waals surface area contributed by atoms with E-state index in [9.17, 15) is 18.4 Å². The summed E-state index contributed by atoms with van der Waals surface area (Å²) < 4.78 is 26.3. The normalized spacial score (nSPS) is 14.8. The maximum Gasteiger partial charge on any atom is 0.277 e. The van der Waals surface area contributed by atoms with Crippen molar-refractivity contribution in [2.45, 2.75) is 0 Å². The minimum Gasteiger partial charge on any atom is -0.503 e. The van der Waals surface area contributed by atoms with Crippen LogP contribution in [0.4, 0.5) is 14.5 Å². The molecule has 1 aliphatic heterocycles. The monoisotopic (exact) mass is 284 g/mol. The number of phenolic OH excluding ortho intramolecular Hbond substituents is 1. The first-order valence-electron chi connectivity index (χ1n) is 5.57. The molecule has 8 heteroatoms. The number of hydrogen-bond donors (Lipinski definition) is 3. The fourth-order valence-electron chi connectivity index (χ4n) is 1.70. The van der Waals surface area contributed by atoms with Gasteiger partial charge in [-0.2, -0.15) is 0 Å². The van der Waals surface area contributed by atoms with Gasteiger partial charge in [0.25, 0.3) is 11.8 Å². The lowest BCUT2D eigenvalue weighted by Gasteiger charge is -2.13. The van der Waals surface area contributed by atoms with Gasteiger partial charge >= 0.3 is 0 Å². The van der Waals surface area contributed by atoms with Crippen LogP contribution in [0.15, 0.2) is 23.9 Å². The van der Waals surface area contributed by atoms with Gasteiger partial charge in [-0.25, -0.2) is 8.78 Å². The number of phenols is 1. The van der Waals surface area contributed by atoms with Crippen LogP contribution in [0.3, 0.4) is 0 Å². The van der Waals surface area contributed by atoms with Gasteiger partial charge in [0.2, 0.25) is 0 Å². The number of carbonyl (C=O) groups excluding carboxylic acids is 2. The molecular formula is C12H10F2N2O4.